The molecule has 1 aliphatic carbocycles. The largest absolute Gasteiger partial charge is 0.378 e. The molecule has 21 heavy (non-hydrogen) atoms. The zero-order valence-electron chi connectivity index (χ0n) is 14.2. The lowest BCUT2D eigenvalue weighted by Gasteiger charge is -2.22. The van der Waals surface area contributed by atoms with E-state index in [2.05, 4.69) is 34.5 Å². The topological polar surface area (TPSA) is 48.9 Å². The fourth-order valence-corrected chi connectivity index (χ4v) is 2.50. The fourth-order valence-electron chi connectivity index (χ4n) is 2.50. The quantitative estimate of drug-likeness (QED) is 0.387. The van der Waals surface area contributed by atoms with Crippen molar-refractivity contribution in [2.24, 2.45) is 4.99 Å². The third kappa shape index (κ3) is 8.94. The lowest BCUT2D eigenvalue weighted by molar-refractivity contribution is 0.0277. The van der Waals surface area contributed by atoms with Crippen LogP contribution in [0.5, 0.6) is 0 Å². The van der Waals surface area contributed by atoms with E-state index in [-0.39, 0.29) is 0 Å². The van der Waals surface area contributed by atoms with Gasteiger partial charge >= 0.3 is 0 Å². The van der Waals surface area contributed by atoms with Gasteiger partial charge in [0, 0.05) is 33.3 Å². The van der Waals surface area contributed by atoms with Crippen LogP contribution in [-0.2, 0) is 4.74 Å². The van der Waals surface area contributed by atoms with E-state index in [0.29, 0.717) is 6.10 Å². The summed E-state index contributed by atoms with van der Waals surface area (Å²) in [5.74, 6) is 0.886. The van der Waals surface area contributed by atoms with E-state index in [0.717, 1.165) is 45.2 Å². The molecule has 0 heterocycles. The third-order valence-corrected chi connectivity index (χ3v) is 4.07. The SMILES string of the molecule is CCN(C)CCNC(=NC)NCCCOC1CCCCC1. The average molecular weight is 298 g/mol. The molecule has 5 nitrogen and oxygen atoms in total. The van der Waals surface area contributed by atoms with Gasteiger partial charge in [-0.2, -0.15) is 0 Å². The van der Waals surface area contributed by atoms with Gasteiger partial charge in [-0.15, -0.1) is 0 Å². The zero-order chi connectivity index (χ0) is 15.3. The van der Waals surface area contributed by atoms with Crippen molar-refractivity contribution < 1.29 is 4.74 Å². The molecule has 1 aliphatic rings. The van der Waals surface area contributed by atoms with Crippen molar-refractivity contribution in [2.75, 3.05) is 46.9 Å². The number of aliphatic imine (C=N–C) groups is 1. The molecule has 0 bridgehead atoms. The zero-order valence-corrected chi connectivity index (χ0v) is 14.2. The van der Waals surface area contributed by atoms with Gasteiger partial charge < -0.3 is 20.3 Å². The summed E-state index contributed by atoms with van der Waals surface area (Å²) in [6.07, 6.45) is 8.12. The van der Waals surface area contributed by atoms with Crippen LogP contribution < -0.4 is 10.6 Å². The molecule has 0 spiro atoms. The van der Waals surface area contributed by atoms with Crippen molar-refractivity contribution in [1.29, 1.82) is 0 Å². The minimum atomic E-state index is 0.515. The van der Waals surface area contributed by atoms with Crippen molar-refractivity contribution >= 4 is 5.96 Å². The third-order valence-electron chi connectivity index (χ3n) is 4.07. The number of nitrogens with zero attached hydrogens (tertiary/aromatic N) is 2. The maximum Gasteiger partial charge on any atom is 0.191 e. The molecule has 0 aromatic heterocycles. The van der Waals surface area contributed by atoms with E-state index >= 15 is 0 Å². The van der Waals surface area contributed by atoms with Crippen LogP contribution in [0.3, 0.4) is 0 Å². The molecule has 0 amide bonds. The highest BCUT2D eigenvalue weighted by Gasteiger charge is 2.12. The molecular formula is C16H34N4O. The summed E-state index contributed by atoms with van der Waals surface area (Å²) in [6, 6.07) is 0. The molecule has 0 aromatic carbocycles. The molecule has 5 heteroatoms. The highest BCUT2D eigenvalue weighted by Crippen LogP contribution is 2.20. The number of likely N-dealkylation sites (N-methyl/N-ethyl adjacent to an activating group) is 1. The lowest BCUT2D eigenvalue weighted by atomic mass is 9.98. The maximum atomic E-state index is 5.92. The minimum Gasteiger partial charge on any atom is -0.378 e. The molecule has 0 aliphatic heterocycles. The Hall–Kier alpha value is -0.810. The lowest BCUT2D eigenvalue weighted by Crippen LogP contribution is -2.41. The molecule has 0 aromatic rings. The number of nitrogens with one attached hydrogen (secondary N) is 2. The average Bonchev–Trinajstić information content (AvgIpc) is 2.53. The molecule has 2 N–H and O–H groups in total. The molecule has 1 rings (SSSR count). The first-order valence-electron chi connectivity index (χ1n) is 8.51. The highest BCUT2D eigenvalue weighted by molar-refractivity contribution is 5.79. The monoisotopic (exact) mass is 298 g/mol. The molecule has 0 saturated heterocycles. The number of ether oxygens (including phenoxy) is 1. The van der Waals surface area contributed by atoms with E-state index in [4.69, 9.17) is 4.74 Å². The van der Waals surface area contributed by atoms with E-state index < -0.39 is 0 Å². The standard InChI is InChI=1S/C16H34N4O/c1-4-20(3)13-12-19-16(17-2)18-11-8-14-21-15-9-6-5-7-10-15/h15H,4-14H2,1-3H3,(H2,17,18,19). The maximum absolute atomic E-state index is 5.92. The van der Waals surface area contributed by atoms with Crippen LogP contribution in [-0.4, -0.2) is 63.8 Å². The van der Waals surface area contributed by atoms with E-state index in [1.54, 1.807) is 0 Å². The van der Waals surface area contributed by atoms with Crippen LogP contribution in [0.4, 0.5) is 0 Å². The molecule has 124 valence electrons. The summed E-state index contributed by atoms with van der Waals surface area (Å²) in [6.45, 7) is 6.96. The van der Waals surface area contributed by atoms with Crippen molar-refractivity contribution in [2.45, 2.75) is 51.6 Å². The molecular weight excluding hydrogens is 264 g/mol. The van der Waals surface area contributed by atoms with Crippen LogP contribution >= 0.6 is 0 Å². The Labute approximate surface area is 130 Å². The first kappa shape index (κ1) is 18.2. The first-order valence-corrected chi connectivity index (χ1v) is 8.51. The summed E-state index contributed by atoms with van der Waals surface area (Å²) in [4.78, 5) is 6.51. The van der Waals surface area contributed by atoms with Crippen molar-refractivity contribution in [1.82, 2.24) is 15.5 Å². The summed E-state index contributed by atoms with van der Waals surface area (Å²) in [5.41, 5.74) is 0. The van der Waals surface area contributed by atoms with Gasteiger partial charge in [0.15, 0.2) is 5.96 Å². The number of hydrogen-bond donors (Lipinski definition) is 2. The minimum absolute atomic E-state index is 0.515. The number of guanidine groups is 1. The van der Waals surface area contributed by atoms with Gasteiger partial charge in [-0.25, -0.2) is 0 Å². The van der Waals surface area contributed by atoms with Crippen LogP contribution in [0.25, 0.3) is 0 Å². The van der Waals surface area contributed by atoms with Crippen molar-refractivity contribution in [3.63, 3.8) is 0 Å². The predicted molar refractivity (Wildman–Crippen MR) is 90.0 cm³/mol. The summed E-state index contributed by atoms with van der Waals surface area (Å²) in [7, 11) is 3.94. The van der Waals surface area contributed by atoms with Crippen LogP contribution in [0.15, 0.2) is 4.99 Å². The number of rotatable bonds is 9. The molecule has 0 unspecified atom stereocenters. The first-order chi connectivity index (χ1) is 10.3. The molecule has 1 saturated carbocycles. The summed E-state index contributed by atoms with van der Waals surface area (Å²) < 4.78 is 5.92. The summed E-state index contributed by atoms with van der Waals surface area (Å²) >= 11 is 0. The molecule has 1 fully saturated rings. The van der Waals surface area contributed by atoms with E-state index in [9.17, 15) is 0 Å². The Kier molecular flexibility index (Phi) is 10.3. The van der Waals surface area contributed by atoms with Crippen LogP contribution in [0.2, 0.25) is 0 Å². The van der Waals surface area contributed by atoms with Gasteiger partial charge in [-0.3, -0.25) is 4.99 Å². The Morgan fingerprint density at radius 2 is 1.90 bits per heavy atom. The molecule has 0 radical (unpaired) electrons. The van der Waals surface area contributed by atoms with Gasteiger partial charge in [0.1, 0.15) is 0 Å². The van der Waals surface area contributed by atoms with Gasteiger partial charge in [0.2, 0.25) is 0 Å². The number of hydrogen-bond acceptors (Lipinski definition) is 3. The fraction of sp³-hybridized carbons (Fsp3) is 0.938. The van der Waals surface area contributed by atoms with E-state index in [1.807, 2.05) is 7.05 Å². The van der Waals surface area contributed by atoms with Gasteiger partial charge in [-0.1, -0.05) is 26.2 Å². The smallest absolute Gasteiger partial charge is 0.191 e. The second kappa shape index (κ2) is 11.8. The Bertz CT molecular complexity index is 277. The van der Waals surface area contributed by atoms with E-state index in [1.165, 1.54) is 32.1 Å². The molecule has 0 atom stereocenters. The normalized spacial score (nSPS) is 17.2. The Morgan fingerprint density at radius 1 is 1.19 bits per heavy atom. The highest BCUT2D eigenvalue weighted by atomic mass is 16.5. The second-order valence-electron chi connectivity index (χ2n) is 5.81. The van der Waals surface area contributed by atoms with Crippen molar-refractivity contribution in [3.8, 4) is 0 Å². The van der Waals surface area contributed by atoms with Gasteiger partial charge in [0.25, 0.3) is 0 Å². The second-order valence-corrected chi connectivity index (χ2v) is 5.81. The van der Waals surface area contributed by atoms with Gasteiger partial charge in [0.05, 0.1) is 6.10 Å². The Morgan fingerprint density at radius 3 is 2.57 bits per heavy atom. The van der Waals surface area contributed by atoms with Crippen molar-refractivity contribution in [3.05, 3.63) is 0 Å². The van der Waals surface area contributed by atoms with Crippen LogP contribution in [0.1, 0.15) is 45.4 Å². The summed E-state index contributed by atoms with van der Waals surface area (Å²) in [5, 5.41) is 6.67. The Balaban J connectivity index is 1.98. The van der Waals surface area contributed by atoms with Gasteiger partial charge in [-0.05, 0) is 32.9 Å². The van der Waals surface area contributed by atoms with Crippen LogP contribution in [0, 0.1) is 0 Å². The predicted octanol–water partition coefficient (Wildman–Crippen LogP) is 1.84.